The van der Waals surface area contributed by atoms with Crippen molar-refractivity contribution in [2.45, 2.75) is 18.8 Å². The van der Waals surface area contributed by atoms with Crippen LogP contribution in [0.5, 0.6) is 0 Å². The van der Waals surface area contributed by atoms with Gasteiger partial charge in [0.25, 0.3) is 0 Å². The van der Waals surface area contributed by atoms with Crippen molar-refractivity contribution in [3.8, 4) is 11.3 Å². The molecule has 1 N–H and O–H groups in total. The molecule has 0 spiro atoms. The highest BCUT2D eigenvalue weighted by molar-refractivity contribution is 7.88. The van der Waals surface area contributed by atoms with E-state index in [9.17, 15) is 13.2 Å². The molecular formula is C17H19N3O4S. The van der Waals surface area contributed by atoms with Crippen molar-refractivity contribution in [3.05, 3.63) is 47.9 Å². The first kappa shape index (κ1) is 17.5. The molecule has 0 aliphatic carbocycles. The number of carbonyl (C=O) groups is 1. The Morgan fingerprint density at radius 3 is 2.52 bits per heavy atom. The van der Waals surface area contributed by atoms with Gasteiger partial charge in [0.2, 0.25) is 10.0 Å². The van der Waals surface area contributed by atoms with E-state index in [1.54, 1.807) is 24.5 Å². The first-order valence-electron chi connectivity index (χ1n) is 7.96. The maximum atomic E-state index is 11.9. The Labute approximate surface area is 146 Å². The lowest BCUT2D eigenvalue weighted by atomic mass is 9.92. The summed E-state index contributed by atoms with van der Waals surface area (Å²) in [4.78, 5) is 19.9. The van der Waals surface area contributed by atoms with Crippen LogP contribution in [0.15, 0.2) is 36.7 Å². The van der Waals surface area contributed by atoms with E-state index >= 15 is 0 Å². The molecule has 3 rings (SSSR count). The van der Waals surface area contributed by atoms with E-state index in [1.807, 2.05) is 0 Å². The van der Waals surface area contributed by atoms with E-state index in [0.29, 0.717) is 18.8 Å². The van der Waals surface area contributed by atoms with Gasteiger partial charge in [0.1, 0.15) is 0 Å². The van der Waals surface area contributed by atoms with Crippen LogP contribution in [-0.4, -0.2) is 53.1 Å². The Morgan fingerprint density at radius 1 is 1.20 bits per heavy atom. The molecule has 1 aromatic carbocycles. The maximum Gasteiger partial charge on any atom is 0.335 e. The molecule has 25 heavy (non-hydrogen) atoms. The van der Waals surface area contributed by atoms with Crippen molar-refractivity contribution >= 4 is 16.0 Å². The highest BCUT2D eigenvalue weighted by Gasteiger charge is 2.29. The minimum atomic E-state index is -3.24. The molecule has 1 fully saturated rings. The molecular weight excluding hydrogens is 342 g/mol. The Balaban J connectivity index is 1.94. The van der Waals surface area contributed by atoms with Crippen LogP contribution in [0.25, 0.3) is 11.3 Å². The average molecular weight is 361 g/mol. The van der Waals surface area contributed by atoms with Gasteiger partial charge in [-0.25, -0.2) is 17.5 Å². The van der Waals surface area contributed by atoms with E-state index in [0.717, 1.165) is 24.1 Å². The summed E-state index contributed by atoms with van der Waals surface area (Å²) in [5, 5.41) is 9.02. The fourth-order valence-electron chi connectivity index (χ4n) is 3.11. The average Bonchev–Trinajstić information content (AvgIpc) is 2.61. The molecule has 1 atom stereocenters. The summed E-state index contributed by atoms with van der Waals surface area (Å²) in [6.07, 6.45) is 6.01. The number of sulfonamides is 1. The quantitative estimate of drug-likeness (QED) is 0.894. The largest absolute Gasteiger partial charge is 0.478 e. The lowest BCUT2D eigenvalue weighted by Crippen LogP contribution is -2.38. The van der Waals surface area contributed by atoms with Crippen LogP contribution in [0.4, 0.5) is 0 Å². The number of hydrogen-bond acceptors (Lipinski definition) is 5. The molecule has 1 saturated heterocycles. The van der Waals surface area contributed by atoms with E-state index in [1.165, 1.54) is 22.7 Å². The summed E-state index contributed by atoms with van der Waals surface area (Å²) >= 11 is 0. The van der Waals surface area contributed by atoms with Crippen molar-refractivity contribution in [2.75, 3.05) is 19.3 Å². The van der Waals surface area contributed by atoms with Gasteiger partial charge in [-0.1, -0.05) is 12.1 Å². The fourth-order valence-corrected chi connectivity index (χ4v) is 4.02. The summed E-state index contributed by atoms with van der Waals surface area (Å²) in [5.74, 6) is -1.02. The third-order valence-corrected chi connectivity index (χ3v) is 5.64. The summed E-state index contributed by atoms with van der Waals surface area (Å²) in [7, 11) is -3.24. The van der Waals surface area contributed by atoms with Crippen LogP contribution < -0.4 is 0 Å². The zero-order chi connectivity index (χ0) is 18.0. The van der Waals surface area contributed by atoms with Gasteiger partial charge in [0, 0.05) is 37.0 Å². The van der Waals surface area contributed by atoms with Gasteiger partial charge in [-0.05, 0) is 25.0 Å². The smallest absolute Gasteiger partial charge is 0.335 e. The van der Waals surface area contributed by atoms with Gasteiger partial charge in [0.15, 0.2) is 0 Å². The van der Waals surface area contributed by atoms with Crippen LogP contribution in [0.2, 0.25) is 0 Å². The Morgan fingerprint density at radius 2 is 1.88 bits per heavy atom. The summed E-state index contributed by atoms with van der Waals surface area (Å²) in [6.45, 7) is 0.913. The number of hydrogen-bond donors (Lipinski definition) is 1. The second-order valence-electron chi connectivity index (χ2n) is 6.13. The Kier molecular flexibility index (Phi) is 4.82. The molecule has 2 aromatic rings. The molecule has 1 aliphatic heterocycles. The molecule has 0 saturated carbocycles. The van der Waals surface area contributed by atoms with Crippen molar-refractivity contribution < 1.29 is 18.3 Å². The lowest BCUT2D eigenvalue weighted by molar-refractivity contribution is 0.0697. The number of aromatic nitrogens is 2. The number of carboxylic acids is 1. The molecule has 0 amide bonds. The van der Waals surface area contributed by atoms with Crippen LogP contribution in [0.3, 0.4) is 0 Å². The van der Waals surface area contributed by atoms with Crippen molar-refractivity contribution in [2.24, 2.45) is 0 Å². The third kappa shape index (κ3) is 3.85. The summed E-state index contributed by atoms with van der Waals surface area (Å²) in [6, 6.07) is 6.46. The topological polar surface area (TPSA) is 100 Å². The molecule has 2 heterocycles. The number of piperidine rings is 1. The molecule has 0 bridgehead atoms. The predicted octanol–water partition coefficient (Wildman–Crippen LogP) is 1.98. The molecule has 1 aliphatic rings. The van der Waals surface area contributed by atoms with E-state index in [-0.39, 0.29) is 11.5 Å². The molecule has 0 unspecified atom stereocenters. The molecule has 0 radical (unpaired) electrons. The zero-order valence-electron chi connectivity index (χ0n) is 13.8. The van der Waals surface area contributed by atoms with E-state index < -0.39 is 16.0 Å². The van der Waals surface area contributed by atoms with Crippen molar-refractivity contribution in [1.82, 2.24) is 14.3 Å². The SMILES string of the molecule is CS(=O)(=O)N1CCC[C@H](c2nccnc2-c2ccc(C(=O)O)cc2)C1. The van der Waals surface area contributed by atoms with Gasteiger partial charge in [-0.15, -0.1) is 0 Å². The predicted molar refractivity (Wildman–Crippen MR) is 92.8 cm³/mol. The van der Waals surface area contributed by atoms with Crippen molar-refractivity contribution in [3.63, 3.8) is 0 Å². The second kappa shape index (κ2) is 6.89. The molecule has 1 aromatic heterocycles. The van der Waals surface area contributed by atoms with E-state index in [2.05, 4.69) is 9.97 Å². The van der Waals surface area contributed by atoms with Gasteiger partial charge in [-0.2, -0.15) is 0 Å². The van der Waals surface area contributed by atoms with Crippen LogP contribution >= 0.6 is 0 Å². The summed E-state index contributed by atoms with van der Waals surface area (Å²) < 4.78 is 25.2. The number of benzene rings is 1. The van der Waals surface area contributed by atoms with Crippen molar-refractivity contribution in [1.29, 1.82) is 0 Å². The second-order valence-corrected chi connectivity index (χ2v) is 8.12. The number of carboxylic acid groups (broad SMARTS) is 1. The minimum absolute atomic E-state index is 0.0358. The fraction of sp³-hybridized carbons (Fsp3) is 0.353. The Hall–Kier alpha value is -2.32. The first-order valence-corrected chi connectivity index (χ1v) is 9.81. The van der Waals surface area contributed by atoms with Crippen LogP contribution in [0, 0.1) is 0 Å². The molecule has 132 valence electrons. The van der Waals surface area contributed by atoms with Gasteiger partial charge in [-0.3, -0.25) is 9.97 Å². The molecule has 8 heteroatoms. The number of nitrogens with zero attached hydrogens (tertiary/aromatic N) is 3. The highest BCUT2D eigenvalue weighted by Crippen LogP contribution is 2.32. The monoisotopic (exact) mass is 361 g/mol. The van der Waals surface area contributed by atoms with Crippen LogP contribution in [-0.2, 0) is 10.0 Å². The first-order chi connectivity index (χ1) is 11.9. The Bertz CT molecular complexity index is 881. The maximum absolute atomic E-state index is 11.9. The van der Waals surface area contributed by atoms with E-state index in [4.69, 9.17) is 5.11 Å². The van der Waals surface area contributed by atoms with Gasteiger partial charge < -0.3 is 5.11 Å². The van der Waals surface area contributed by atoms with Crippen LogP contribution in [0.1, 0.15) is 34.8 Å². The lowest BCUT2D eigenvalue weighted by Gasteiger charge is -2.31. The zero-order valence-corrected chi connectivity index (χ0v) is 14.6. The third-order valence-electron chi connectivity index (χ3n) is 4.37. The standard InChI is InChI=1S/C17H19N3O4S/c1-25(23,24)20-10-2-3-14(11-20)16-15(18-8-9-19-16)12-4-6-13(7-5-12)17(21)22/h4-9,14H,2-3,10-11H2,1H3,(H,21,22)/t14-/m0/s1. The summed E-state index contributed by atoms with van der Waals surface area (Å²) in [5.41, 5.74) is 2.39. The number of rotatable bonds is 4. The molecule has 7 nitrogen and oxygen atoms in total. The highest BCUT2D eigenvalue weighted by atomic mass is 32.2. The number of aromatic carboxylic acids is 1. The van der Waals surface area contributed by atoms with Gasteiger partial charge in [0.05, 0.1) is 23.2 Å². The normalized spacial score (nSPS) is 18.8. The minimum Gasteiger partial charge on any atom is -0.478 e. The van der Waals surface area contributed by atoms with Gasteiger partial charge >= 0.3 is 5.97 Å².